The SMILES string of the molecule is O=C(C=Cc1cc(NCc2cccnc2)ccc1Oc1cccc(Cl)c1)NO. The molecule has 0 saturated heterocycles. The highest BCUT2D eigenvalue weighted by atomic mass is 35.5. The number of nitrogens with zero attached hydrogens (tertiary/aromatic N) is 1. The van der Waals surface area contributed by atoms with Crippen LogP contribution in [-0.4, -0.2) is 16.1 Å². The fourth-order valence-corrected chi connectivity index (χ4v) is 2.63. The van der Waals surface area contributed by atoms with Gasteiger partial charge in [-0.1, -0.05) is 23.7 Å². The zero-order chi connectivity index (χ0) is 19.8. The second-order valence-corrected chi connectivity index (χ2v) is 6.27. The van der Waals surface area contributed by atoms with Gasteiger partial charge in [-0.25, -0.2) is 5.48 Å². The van der Waals surface area contributed by atoms with Gasteiger partial charge in [-0.05, 0) is 54.1 Å². The first-order valence-corrected chi connectivity index (χ1v) is 8.84. The minimum absolute atomic E-state index is 0.538. The van der Waals surface area contributed by atoms with Crippen LogP contribution in [0.2, 0.25) is 5.02 Å². The molecule has 0 unspecified atom stereocenters. The number of halogens is 1. The summed E-state index contributed by atoms with van der Waals surface area (Å²) in [5.74, 6) is 0.475. The first-order chi connectivity index (χ1) is 13.6. The van der Waals surface area contributed by atoms with Gasteiger partial charge in [-0.2, -0.15) is 0 Å². The number of hydroxylamine groups is 1. The van der Waals surface area contributed by atoms with Gasteiger partial charge in [0, 0.05) is 41.3 Å². The summed E-state index contributed by atoms with van der Waals surface area (Å²) >= 11 is 6.01. The molecular formula is C21H18ClN3O3. The Bertz CT molecular complexity index is 978. The number of pyridine rings is 1. The fraction of sp³-hybridized carbons (Fsp3) is 0.0476. The van der Waals surface area contributed by atoms with E-state index < -0.39 is 5.91 Å². The molecule has 28 heavy (non-hydrogen) atoms. The molecule has 0 bridgehead atoms. The second kappa shape index (κ2) is 9.55. The average molecular weight is 396 g/mol. The number of rotatable bonds is 7. The Morgan fingerprint density at radius 1 is 1.18 bits per heavy atom. The molecular weight excluding hydrogens is 378 g/mol. The van der Waals surface area contributed by atoms with Gasteiger partial charge in [0.1, 0.15) is 11.5 Å². The van der Waals surface area contributed by atoms with E-state index in [0.717, 1.165) is 11.3 Å². The monoisotopic (exact) mass is 395 g/mol. The highest BCUT2D eigenvalue weighted by Crippen LogP contribution is 2.30. The third kappa shape index (κ3) is 5.57. The molecule has 1 amide bonds. The summed E-state index contributed by atoms with van der Waals surface area (Å²) in [7, 11) is 0. The van der Waals surface area contributed by atoms with E-state index in [1.54, 1.807) is 54.3 Å². The van der Waals surface area contributed by atoms with E-state index in [0.29, 0.717) is 28.6 Å². The number of carbonyl (C=O) groups excluding carboxylic acids is 1. The topological polar surface area (TPSA) is 83.5 Å². The maximum absolute atomic E-state index is 11.4. The van der Waals surface area contributed by atoms with Crippen LogP contribution in [-0.2, 0) is 11.3 Å². The summed E-state index contributed by atoms with van der Waals surface area (Å²) in [5, 5.41) is 12.6. The molecule has 0 spiro atoms. The molecule has 0 aliphatic heterocycles. The van der Waals surface area contributed by atoms with Crippen molar-refractivity contribution in [3.63, 3.8) is 0 Å². The minimum atomic E-state index is -0.637. The number of hydrogen-bond donors (Lipinski definition) is 3. The van der Waals surface area contributed by atoms with Gasteiger partial charge in [-0.3, -0.25) is 15.0 Å². The van der Waals surface area contributed by atoms with Crippen molar-refractivity contribution in [1.82, 2.24) is 10.5 Å². The molecule has 6 nitrogen and oxygen atoms in total. The molecule has 0 radical (unpaired) electrons. The highest BCUT2D eigenvalue weighted by Gasteiger charge is 2.06. The maximum atomic E-state index is 11.4. The number of benzene rings is 2. The number of ether oxygens (including phenoxy) is 1. The minimum Gasteiger partial charge on any atom is -0.457 e. The van der Waals surface area contributed by atoms with Crippen molar-refractivity contribution >= 4 is 29.3 Å². The van der Waals surface area contributed by atoms with Crippen molar-refractivity contribution < 1.29 is 14.7 Å². The van der Waals surface area contributed by atoms with Gasteiger partial charge >= 0.3 is 0 Å². The van der Waals surface area contributed by atoms with Gasteiger partial charge < -0.3 is 10.1 Å². The molecule has 0 saturated carbocycles. The van der Waals surface area contributed by atoms with Crippen molar-refractivity contribution in [2.75, 3.05) is 5.32 Å². The molecule has 1 aromatic heterocycles. The van der Waals surface area contributed by atoms with E-state index in [1.807, 2.05) is 24.3 Å². The van der Waals surface area contributed by atoms with Crippen LogP contribution in [0, 0.1) is 0 Å². The van der Waals surface area contributed by atoms with E-state index in [9.17, 15) is 4.79 Å². The Morgan fingerprint density at radius 2 is 2.07 bits per heavy atom. The van der Waals surface area contributed by atoms with Gasteiger partial charge in [-0.15, -0.1) is 0 Å². The molecule has 0 aliphatic rings. The van der Waals surface area contributed by atoms with E-state index in [2.05, 4.69) is 10.3 Å². The van der Waals surface area contributed by atoms with Crippen LogP contribution in [0.3, 0.4) is 0 Å². The lowest BCUT2D eigenvalue weighted by molar-refractivity contribution is -0.124. The van der Waals surface area contributed by atoms with E-state index in [-0.39, 0.29) is 0 Å². The molecule has 1 heterocycles. The van der Waals surface area contributed by atoms with Crippen LogP contribution in [0.15, 0.2) is 73.1 Å². The lowest BCUT2D eigenvalue weighted by Gasteiger charge is -2.12. The fourth-order valence-electron chi connectivity index (χ4n) is 2.45. The first-order valence-electron chi connectivity index (χ1n) is 8.46. The quantitative estimate of drug-likeness (QED) is 0.308. The summed E-state index contributed by atoms with van der Waals surface area (Å²) in [6, 6.07) is 16.4. The molecule has 3 N–H and O–H groups in total. The normalized spacial score (nSPS) is 10.6. The molecule has 0 aliphatic carbocycles. The lowest BCUT2D eigenvalue weighted by atomic mass is 10.1. The van der Waals surface area contributed by atoms with Crippen LogP contribution in [0.1, 0.15) is 11.1 Å². The predicted octanol–water partition coefficient (Wildman–Crippen LogP) is 4.66. The summed E-state index contributed by atoms with van der Waals surface area (Å²) in [5.41, 5.74) is 4.10. The number of aromatic nitrogens is 1. The van der Waals surface area contributed by atoms with Gasteiger partial charge in [0.25, 0.3) is 5.91 Å². The number of carbonyl (C=O) groups is 1. The Kier molecular flexibility index (Phi) is 6.62. The predicted molar refractivity (Wildman–Crippen MR) is 108 cm³/mol. The van der Waals surface area contributed by atoms with Crippen molar-refractivity contribution in [2.24, 2.45) is 0 Å². The Labute approximate surface area is 167 Å². The van der Waals surface area contributed by atoms with Crippen molar-refractivity contribution in [1.29, 1.82) is 0 Å². The second-order valence-electron chi connectivity index (χ2n) is 5.84. The molecule has 7 heteroatoms. The Balaban J connectivity index is 1.83. The molecule has 2 aromatic carbocycles. The zero-order valence-corrected chi connectivity index (χ0v) is 15.6. The van der Waals surface area contributed by atoms with Crippen LogP contribution >= 0.6 is 11.6 Å². The van der Waals surface area contributed by atoms with Crippen molar-refractivity contribution in [3.8, 4) is 11.5 Å². The Hall–Kier alpha value is -3.35. The van der Waals surface area contributed by atoms with Crippen molar-refractivity contribution in [3.05, 3.63) is 89.2 Å². The first kappa shape index (κ1) is 19.4. The van der Waals surface area contributed by atoms with Crippen LogP contribution < -0.4 is 15.5 Å². The molecule has 0 atom stereocenters. The van der Waals surface area contributed by atoms with Gasteiger partial charge in [0.15, 0.2) is 0 Å². The maximum Gasteiger partial charge on any atom is 0.267 e. The average Bonchev–Trinajstić information content (AvgIpc) is 2.72. The number of amides is 1. The van der Waals surface area contributed by atoms with Crippen LogP contribution in [0.5, 0.6) is 11.5 Å². The van der Waals surface area contributed by atoms with Crippen molar-refractivity contribution in [2.45, 2.75) is 6.54 Å². The smallest absolute Gasteiger partial charge is 0.267 e. The molecule has 0 fully saturated rings. The number of anilines is 1. The standard InChI is InChI=1S/C21H18ClN3O3/c22-17-4-1-5-19(12-17)28-20-8-7-18(11-16(20)6-9-21(26)25-27)24-14-15-3-2-10-23-13-15/h1-13,24,27H,14H2,(H,25,26). The number of nitrogens with one attached hydrogen (secondary N) is 2. The third-order valence-corrected chi connectivity index (χ3v) is 4.01. The lowest BCUT2D eigenvalue weighted by Crippen LogP contribution is -2.14. The Morgan fingerprint density at radius 3 is 2.82 bits per heavy atom. The summed E-state index contributed by atoms with van der Waals surface area (Å²) in [6.07, 6.45) is 6.28. The van der Waals surface area contributed by atoms with E-state index >= 15 is 0 Å². The summed E-state index contributed by atoms with van der Waals surface area (Å²) in [4.78, 5) is 15.5. The molecule has 142 valence electrons. The van der Waals surface area contributed by atoms with Crippen LogP contribution in [0.4, 0.5) is 5.69 Å². The van der Waals surface area contributed by atoms with Crippen LogP contribution in [0.25, 0.3) is 6.08 Å². The number of hydrogen-bond acceptors (Lipinski definition) is 5. The highest BCUT2D eigenvalue weighted by molar-refractivity contribution is 6.30. The van der Waals surface area contributed by atoms with Gasteiger partial charge in [0.2, 0.25) is 0 Å². The largest absolute Gasteiger partial charge is 0.457 e. The van der Waals surface area contributed by atoms with E-state index in [4.69, 9.17) is 21.5 Å². The summed E-state index contributed by atoms with van der Waals surface area (Å²) < 4.78 is 5.91. The zero-order valence-electron chi connectivity index (χ0n) is 14.8. The van der Waals surface area contributed by atoms with E-state index in [1.165, 1.54) is 6.08 Å². The molecule has 3 rings (SSSR count). The summed E-state index contributed by atoms with van der Waals surface area (Å²) in [6.45, 7) is 0.600. The van der Waals surface area contributed by atoms with Gasteiger partial charge in [0.05, 0.1) is 0 Å². The third-order valence-electron chi connectivity index (χ3n) is 3.78. The molecule has 3 aromatic rings.